The Balaban J connectivity index is 2.31. The van der Waals surface area contributed by atoms with Crippen LogP contribution in [0.2, 0.25) is 5.02 Å². The van der Waals surface area contributed by atoms with Crippen molar-refractivity contribution in [2.24, 2.45) is 5.73 Å². The van der Waals surface area contributed by atoms with Gasteiger partial charge in [-0.15, -0.1) is 0 Å². The second-order valence-corrected chi connectivity index (χ2v) is 3.87. The van der Waals surface area contributed by atoms with Crippen molar-refractivity contribution in [3.05, 3.63) is 52.7 Å². The fourth-order valence-electron chi connectivity index (χ4n) is 1.33. The van der Waals surface area contributed by atoms with Gasteiger partial charge in [-0.1, -0.05) is 11.6 Å². The molecule has 0 aliphatic heterocycles. The molecule has 0 amide bonds. The second kappa shape index (κ2) is 5.29. The van der Waals surface area contributed by atoms with Gasteiger partial charge in [0, 0.05) is 18.7 Å². The molecule has 0 saturated heterocycles. The van der Waals surface area contributed by atoms with Crippen LogP contribution in [-0.4, -0.2) is 4.98 Å². The minimum Gasteiger partial charge on any atom is -0.436 e. The van der Waals surface area contributed by atoms with Crippen molar-refractivity contribution in [1.29, 1.82) is 0 Å². The second-order valence-electron chi connectivity index (χ2n) is 3.46. The van der Waals surface area contributed by atoms with Gasteiger partial charge in [0.15, 0.2) is 11.6 Å². The number of nitrogens with zero attached hydrogens (tertiary/aromatic N) is 1. The molecule has 1 aromatic heterocycles. The quantitative estimate of drug-likeness (QED) is 0.931. The van der Waals surface area contributed by atoms with E-state index >= 15 is 0 Å². The summed E-state index contributed by atoms with van der Waals surface area (Å²) in [5.74, 6) is -1.42. The third-order valence-electron chi connectivity index (χ3n) is 2.19. The van der Waals surface area contributed by atoms with Crippen LogP contribution < -0.4 is 10.5 Å². The number of benzene rings is 1. The molecule has 3 nitrogen and oxygen atoms in total. The molecular weight excluding hydrogens is 262 g/mol. The van der Waals surface area contributed by atoms with Gasteiger partial charge in [0.25, 0.3) is 0 Å². The molecule has 1 heterocycles. The van der Waals surface area contributed by atoms with Crippen LogP contribution in [0.15, 0.2) is 30.3 Å². The van der Waals surface area contributed by atoms with Crippen LogP contribution in [0.5, 0.6) is 11.6 Å². The lowest BCUT2D eigenvalue weighted by Gasteiger charge is -2.08. The average Bonchev–Trinajstić information content (AvgIpc) is 2.36. The Morgan fingerprint density at radius 2 is 2.00 bits per heavy atom. The van der Waals surface area contributed by atoms with E-state index in [-0.39, 0.29) is 18.2 Å². The lowest BCUT2D eigenvalue weighted by Crippen LogP contribution is -2.02. The molecule has 2 rings (SSSR count). The summed E-state index contributed by atoms with van der Waals surface area (Å²) < 4.78 is 31.4. The van der Waals surface area contributed by atoms with E-state index in [1.807, 2.05) is 0 Å². The van der Waals surface area contributed by atoms with E-state index in [9.17, 15) is 8.78 Å². The molecule has 0 aliphatic carbocycles. The van der Waals surface area contributed by atoms with Gasteiger partial charge in [-0.05, 0) is 18.2 Å². The molecule has 1 aromatic carbocycles. The van der Waals surface area contributed by atoms with Gasteiger partial charge < -0.3 is 10.5 Å². The maximum absolute atomic E-state index is 13.3. The molecule has 0 spiro atoms. The van der Waals surface area contributed by atoms with E-state index in [0.717, 1.165) is 18.2 Å². The fourth-order valence-corrected chi connectivity index (χ4v) is 1.51. The van der Waals surface area contributed by atoms with Gasteiger partial charge in [0.05, 0.1) is 10.7 Å². The minimum absolute atomic E-state index is 0.101. The Morgan fingerprint density at radius 1 is 1.22 bits per heavy atom. The van der Waals surface area contributed by atoms with Crippen molar-refractivity contribution in [3.63, 3.8) is 0 Å². The van der Waals surface area contributed by atoms with Gasteiger partial charge >= 0.3 is 0 Å². The van der Waals surface area contributed by atoms with Crippen LogP contribution in [-0.2, 0) is 6.54 Å². The van der Waals surface area contributed by atoms with Crippen LogP contribution in [0.4, 0.5) is 8.78 Å². The van der Waals surface area contributed by atoms with Crippen molar-refractivity contribution in [3.8, 4) is 11.6 Å². The molecule has 94 valence electrons. The van der Waals surface area contributed by atoms with E-state index in [4.69, 9.17) is 22.1 Å². The van der Waals surface area contributed by atoms with Gasteiger partial charge in [0.1, 0.15) is 5.82 Å². The Kier molecular flexibility index (Phi) is 3.74. The van der Waals surface area contributed by atoms with Crippen molar-refractivity contribution in [2.45, 2.75) is 6.54 Å². The SMILES string of the molecule is NCc1nc(Oc2cc(F)ccc2F)ccc1Cl. The molecule has 0 unspecified atom stereocenters. The highest BCUT2D eigenvalue weighted by molar-refractivity contribution is 6.31. The standard InChI is InChI=1S/C12H9ClF2N2O/c13-8-2-4-12(17-10(8)6-16)18-11-5-7(14)1-3-9(11)15/h1-5H,6,16H2. The van der Waals surface area contributed by atoms with Crippen LogP contribution in [0.3, 0.4) is 0 Å². The van der Waals surface area contributed by atoms with Crippen LogP contribution >= 0.6 is 11.6 Å². The normalized spacial score (nSPS) is 10.4. The number of ether oxygens (including phenoxy) is 1. The fraction of sp³-hybridized carbons (Fsp3) is 0.0833. The number of hydrogen-bond acceptors (Lipinski definition) is 3. The smallest absolute Gasteiger partial charge is 0.219 e. The molecule has 0 fully saturated rings. The van der Waals surface area contributed by atoms with Crippen LogP contribution in [0.1, 0.15) is 5.69 Å². The molecule has 0 saturated carbocycles. The highest BCUT2D eigenvalue weighted by Gasteiger charge is 2.09. The molecule has 2 N–H and O–H groups in total. The first-order chi connectivity index (χ1) is 8.60. The number of nitrogens with two attached hydrogens (primary N) is 1. The highest BCUT2D eigenvalue weighted by atomic mass is 35.5. The van der Waals surface area contributed by atoms with Crippen molar-refractivity contribution in [2.75, 3.05) is 0 Å². The summed E-state index contributed by atoms with van der Waals surface area (Å²) in [6.07, 6.45) is 0. The highest BCUT2D eigenvalue weighted by Crippen LogP contribution is 2.25. The zero-order valence-electron chi connectivity index (χ0n) is 9.16. The Bertz CT molecular complexity index is 578. The van der Waals surface area contributed by atoms with Gasteiger partial charge in [0.2, 0.25) is 5.88 Å². The maximum Gasteiger partial charge on any atom is 0.219 e. The number of pyridine rings is 1. The third-order valence-corrected chi connectivity index (χ3v) is 2.54. The number of hydrogen-bond donors (Lipinski definition) is 1. The number of halogens is 3. The van der Waals surface area contributed by atoms with Crippen LogP contribution in [0.25, 0.3) is 0 Å². The van der Waals surface area contributed by atoms with Crippen LogP contribution in [0, 0.1) is 11.6 Å². The molecule has 0 bridgehead atoms. The zero-order valence-corrected chi connectivity index (χ0v) is 9.92. The zero-order chi connectivity index (χ0) is 13.1. The summed E-state index contributed by atoms with van der Waals surface area (Å²) in [6, 6.07) is 5.90. The van der Waals surface area contributed by atoms with E-state index < -0.39 is 11.6 Å². The lowest BCUT2D eigenvalue weighted by atomic mass is 10.3. The minimum atomic E-state index is -0.678. The van der Waals surface area contributed by atoms with Crippen molar-refractivity contribution >= 4 is 11.6 Å². The summed E-state index contributed by atoms with van der Waals surface area (Å²) in [6.45, 7) is 0.127. The first-order valence-corrected chi connectivity index (χ1v) is 5.46. The molecule has 18 heavy (non-hydrogen) atoms. The Morgan fingerprint density at radius 3 is 2.72 bits per heavy atom. The summed E-state index contributed by atoms with van der Waals surface area (Å²) in [7, 11) is 0. The van der Waals surface area contributed by atoms with E-state index in [2.05, 4.69) is 4.98 Å². The Hall–Kier alpha value is -1.72. The first-order valence-electron chi connectivity index (χ1n) is 5.08. The molecular formula is C12H9ClF2N2O. The van der Waals surface area contributed by atoms with Gasteiger partial charge in [-0.2, -0.15) is 0 Å². The van der Waals surface area contributed by atoms with Gasteiger partial charge in [-0.25, -0.2) is 13.8 Å². The van der Waals surface area contributed by atoms with E-state index in [0.29, 0.717) is 10.7 Å². The molecule has 6 heteroatoms. The van der Waals surface area contributed by atoms with Crippen molar-refractivity contribution in [1.82, 2.24) is 4.98 Å². The molecule has 0 radical (unpaired) electrons. The topological polar surface area (TPSA) is 48.1 Å². The summed E-state index contributed by atoms with van der Waals surface area (Å²) in [4.78, 5) is 3.99. The summed E-state index contributed by atoms with van der Waals surface area (Å²) in [5.41, 5.74) is 5.85. The predicted molar refractivity (Wildman–Crippen MR) is 63.6 cm³/mol. The van der Waals surface area contributed by atoms with E-state index in [1.165, 1.54) is 12.1 Å². The Labute approximate surface area is 107 Å². The largest absolute Gasteiger partial charge is 0.436 e. The average molecular weight is 271 g/mol. The number of aromatic nitrogens is 1. The molecule has 2 aromatic rings. The predicted octanol–water partition coefficient (Wildman–Crippen LogP) is 3.26. The van der Waals surface area contributed by atoms with E-state index in [1.54, 1.807) is 0 Å². The van der Waals surface area contributed by atoms with Gasteiger partial charge in [-0.3, -0.25) is 0 Å². The summed E-state index contributed by atoms with van der Waals surface area (Å²) in [5, 5.41) is 0.393. The lowest BCUT2D eigenvalue weighted by molar-refractivity contribution is 0.421. The molecule has 0 aliphatic rings. The first kappa shape index (κ1) is 12.7. The van der Waals surface area contributed by atoms with Crippen molar-refractivity contribution < 1.29 is 13.5 Å². The molecule has 0 atom stereocenters. The number of rotatable bonds is 3. The summed E-state index contributed by atoms with van der Waals surface area (Å²) >= 11 is 5.82. The third kappa shape index (κ3) is 2.75. The maximum atomic E-state index is 13.3. The monoisotopic (exact) mass is 270 g/mol.